The van der Waals surface area contributed by atoms with E-state index in [2.05, 4.69) is 48.5 Å². The van der Waals surface area contributed by atoms with Gasteiger partial charge >= 0.3 is 0 Å². The number of hydrogen-bond donors (Lipinski definition) is 5. The maximum Gasteiger partial charge on any atom is 0.208 e. The summed E-state index contributed by atoms with van der Waals surface area (Å²) in [6, 6.07) is 38.2. The van der Waals surface area contributed by atoms with Crippen LogP contribution >= 0.6 is 0 Å². The van der Waals surface area contributed by atoms with E-state index in [0.717, 1.165) is 43.8 Å². The highest BCUT2D eigenvalue weighted by atomic mass is 16.4. The molecule has 0 atom stereocenters. The molecule has 0 saturated heterocycles. The van der Waals surface area contributed by atoms with Crippen LogP contribution in [0, 0.1) is 0 Å². The van der Waals surface area contributed by atoms with E-state index in [1.807, 2.05) is 66.7 Å². The highest BCUT2D eigenvalue weighted by Gasteiger charge is 2.28. The first-order valence-corrected chi connectivity index (χ1v) is 13.2. The van der Waals surface area contributed by atoms with E-state index in [0.29, 0.717) is 16.3 Å². The topological polar surface area (TPSA) is 101 Å². The molecule has 0 aliphatic rings. The quantitative estimate of drug-likeness (QED) is 0.0884. The smallest absolute Gasteiger partial charge is 0.208 e. The summed E-state index contributed by atoms with van der Waals surface area (Å²) in [4.78, 5) is 0. The maximum absolute atomic E-state index is 10.9. The third kappa shape index (κ3) is 3.63. The Balaban J connectivity index is 1.61. The van der Waals surface area contributed by atoms with Crippen molar-refractivity contribution in [2.75, 3.05) is 0 Å². The van der Waals surface area contributed by atoms with E-state index in [-0.39, 0.29) is 5.56 Å². The summed E-state index contributed by atoms with van der Waals surface area (Å²) in [6.45, 7) is 0. The first kappa shape index (κ1) is 24.4. The van der Waals surface area contributed by atoms with E-state index >= 15 is 0 Å². The summed E-state index contributed by atoms with van der Waals surface area (Å²) >= 11 is 0. The second-order valence-corrected chi connectivity index (χ2v) is 10.1. The number of phenolic OH excluding ortho intramolecular Hbond substituents is 5. The van der Waals surface area contributed by atoms with Gasteiger partial charge < -0.3 is 25.5 Å². The molecule has 0 amide bonds. The van der Waals surface area contributed by atoms with Crippen LogP contribution in [0.1, 0.15) is 0 Å². The second-order valence-electron chi connectivity index (χ2n) is 10.1. The minimum atomic E-state index is -0.987. The van der Waals surface area contributed by atoms with Crippen LogP contribution in [0.4, 0.5) is 0 Å². The molecule has 0 heterocycles. The molecule has 0 aliphatic carbocycles. The van der Waals surface area contributed by atoms with Crippen LogP contribution in [0.5, 0.6) is 28.7 Å². The lowest BCUT2D eigenvalue weighted by atomic mass is 9.84. The summed E-state index contributed by atoms with van der Waals surface area (Å²) in [5.74, 6) is -4.25. The number of fused-ring (bicyclic) bond motifs is 3. The van der Waals surface area contributed by atoms with E-state index in [1.165, 1.54) is 0 Å². The first-order chi connectivity index (χ1) is 20.0. The summed E-state index contributed by atoms with van der Waals surface area (Å²) in [7, 11) is 0. The Kier molecular flexibility index (Phi) is 5.47. The predicted octanol–water partition coefficient (Wildman–Crippen LogP) is 8.68. The van der Waals surface area contributed by atoms with Gasteiger partial charge in [0.05, 0.1) is 5.56 Å². The fourth-order valence-electron chi connectivity index (χ4n) is 5.93. The lowest BCUT2D eigenvalue weighted by molar-refractivity contribution is 0.330. The minimum absolute atomic E-state index is 0.165. The third-order valence-electron chi connectivity index (χ3n) is 7.81. The fourth-order valence-corrected chi connectivity index (χ4v) is 5.93. The largest absolute Gasteiger partial charge is 0.504 e. The number of rotatable bonds is 3. The molecule has 0 unspecified atom stereocenters. The molecule has 0 spiro atoms. The zero-order valence-electron chi connectivity index (χ0n) is 21.7. The minimum Gasteiger partial charge on any atom is -0.504 e. The number of hydrogen-bond acceptors (Lipinski definition) is 5. The van der Waals surface area contributed by atoms with Crippen molar-refractivity contribution in [1.29, 1.82) is 0 Å². The fraction of sp³-hybridized carbons (Fsp3) is 0. The molecule has 0 fully saturated rings. The first-order valence-electron chi connectivity index (χ1n) is 13.2. The molecule has 7 rings (SSSR count). The third-order valence-corrected chi connectivity index (χ3v) is 7.81. The van der Waals surface area contributed by atoms with Gasteiger partial charge in [-0.1, -0.05) is 109 Å². The molecule has 41 heavy (non-hydrogen) atoms. The highest BCUT2D eigenvalue weighted by Crippen LogP contribution is 2.57. The lowest BCUT2D eigenvalue weighted by Crippen LogP contribution is -1.92. The van der Waals surface area contributed by atoms with Gasteiger partial charge in [-0.05, 0) is 60.6 Å². The van der Waals surface area contributed by atoms with Gasteiger partial charge in [-0.3, -0.25) is 0 Å². The van der Waals surface area contributed by atoms with Crippen molar-refractivity contribution in [3.05, 3.63) is 115 Å². The molecular formula is C36H24O5. The van der Waals surface area contributed by atoms with Crippen molar-refractivity contribution < 1.29 is 25.5 Å². The van der Waals surface area contributed by atoms with E-state index in [9.17, 15) is 25.5 Å². The summed E-state index contributed by atoms with van der Waals surface area (Å²) in [6.07, 6.45) is 0. The molecule has 0 aliphatic heterocycles. The normalized spacial score (nSPS) is 11.4. The second kappa shape index (κ2) is 9.21. The van der Waals surface area contributed by atoms with Crippen LogP contribution < -0.4 is 0 Å². The van der Waals surface area contributed by atoms with Gasteiger partial charge in [0.2, 0.25) is 17.2 Å². The van der Waals surface area contributed by atoms with E-state index in [4.69, 9.17) is 0 Å². The van der Waals surface area contributed by atoms with Crippen molar-refractivity contribution in [3.8, 4) is 62.1 Å². The van der Waals surface area contributed by atoms with Crippen molar-refractivity contribution in [2.24, 2.45) is 0 Å². The van der Waals surface area contributed by atoms with Crippen molar-refractivity contribution >= 4 is 32.3 Å². The van der Waals surface area contributed by atoms with Crippen LogP contribution in [0.15, 0.2) is 115 Å². The molecule has 198 valence electrons. The Morgan fingerprint density at radius 2 is 0.829 bits per heavy atom. The van der Waals surface area contributed by atoms with Gasteiger partial charge in [0, 0.05) is 5.56 Å². The molecule has 0 bridgehead atoms. The Morgan fingerprint density at radius 3 is 1.41 bits per heavy atom. The molecule has 0 aromatic heterocycles. The van der Waals surface area contributed by atoms with Crippen molar-refractivity contribution in [2.45, 2.75) is 0 Å². The standard InChI is InChI=1S/C36H24O5/c37-32-31(33(38)35(40)36(41)34(32)39)30-26-14-6-4-12-24(26)29(25-13-5-7-15-27(25)30)22-18-17-21-11-8-16-23(28(21)19-22)20-9-2-1-3-10-20/h1-19,37-41H. The number of aromatic hydroxyl groups is 5. The van der Waals surface area contributed by atoms with Crippen molar-refractivity contribution in [1.82, 2.24) is 0 Å². The monoisotopic (exact) mass is 536 g/mol. The van der Waals surface area contributed by atoms with Crippen LogP contribution in [-0.2, 0) is 0 Å². The molecule has 7 aromatic rings. The maximum atomic E-state index is 10.9. The molecular weight excluding hydrogens is 512 g/mol. The van der Waals surface area contributed by atoms with Crippen LogP contribution in [0.2, 0.25) is 0 Å². The average molecular weight is 537 g/mol. The highest BCUT2D eigenvalue weighted by molar-refractivity contribution is 6.23. The zero-order valence-corrected chi connectivity index (χ0v) is 21.7. The van der Waals surface area contributed by atoms with Crippen molar-refractivity contribution in [3.63, 3.8) is 0 Å². The van der Waals surface area contributed by atoms with Gasteiger partial charge in [-0.2, -0.15) is 0 Å². The Bertz CT molecular complexity index is 2060. The van der Waals surface area contributed by atoms with Crippen LogP contribution in [0.3, 0.4) is 0 Å². The van der Waals surface area contributed by atoms with Crippen LogP contribution in [0.25, 0.3) is 65.7 Å². The molecule has 0 saturated carbocycles. The van der Waals surface area contributed by atoms with Crippen LogP contribution in [-0.4, -0.2) is 25.5 Å². The molecule has 0 radical (unpaired) electrons. The molecule has 5 heteroatoms. The number of phenols is 5. The van der Waals surface area contributed by atoms with Gasteiger partial charge in [0.25, 0.3) is 0 Å². The Labute approximate surface area is 235 Å². The molecule has 5 nitrogen and oxygen atoms in total. The lowest BCUT2D eigenvalue weighted by Gasteiger charge is -2.20. The van der Waals surface area contributed by atoms with Gasteiger partial charge in [-0.25, -0.2) is 0 Å². The van der Waals surface area contributed by atoms with Gasteiger partial charge in [0.1, 0.15) is 0 Å². The summed E-state index contributed by atoms with van der Waals surface area (Å²) in [5.41, 5.74) is 4.46. The van der Waals surface area contributed by atoms with E-state index < -0.39 is 28.7 Å². The Hall–Kier alpha value is -5.68. The molecule has 5 N–H and O–H groups in total. The Morgan fingerprint density at radius 1 is 0.317 bits per heavy atom. The van der Waals surface area contributed by atoms with Gasteiger partial charge in [-0.15, -0.1) is 0 Å². The molecule has 7 aromatic carbocycles. The zero-order chi connectivity index (χ0) is 28.2. The summed E-state index contributed by atoms with van der Waals surface area (Å²) in [5, 5.41) is 57.9. The predicted molar refractivity (Wildman–Crippen MR) is 164 cm³/mol. The number of benzene rings is 7. The SMILES string of the molecule is Oc1c(O)c(O)c(-c2c3ccccc3c(-c3ccc4cccc(-c5ccccc5)c4c3)c3ccccc23)c(O)c1O. The van der Waals surface area contributed by atoms with E-state index in [1.54, 1.807) is 0 Å². The van der Waals surface area contributed by atoms with Gasteiger partial charge in [0.15, 0.2) is 11.5 Å². The average Bonchev–Trinajstić information content (AvgIpc) is 3.02. The summed E-state index contributed by atoms with van der Waals surface area (Å²) < 4.78 is 0.